The molecule has 1 aromatic heterocycles. The number of benzene rings is 1. The van der Waals surface area contributed by atoms with Crippen molar-refractivity contribution in [2.75, 3.05) is 0 Å². The van der Waals surface area contributed by atoms with Crippen LogP contribution in [0.2, 0.25) is 0 Å². The van der Waals surface area contributed by atoms with Gasteiger partial charge < -0.3 is 4.74 Å². The first-order chi connectivity index (χ1) is 9.89. The van der Waals surface area contributed by atoms with Crippen molar-refractivity contribution < 1.29 is 17.9 Å². The topological polar surface area (TPSA) is 73.1 Å². The molecule has 1 heterocycles. The molecule has 0 amide bonds. The number of hydrogen-bond donors (Lipinski definition) is 2. The summed E-state index contributed by atoms with van der Waals surface area (Å²) < 4.78 is 40.6. The number of nitrogens with zero attached hydrogens (tertiary/aromatic N) is 2. The Hall–Kier alpha value is -2.19. The van der Waals surface area contributed by atoms with E-state index in [0.717, 1.165) is 0 Å². The minimum absolute atomic E-state index is 0.314. The Labute approximate surface area is 118 Å². The second-order valence-corrected chi connectivity index (χ2v) is 4.25. The van der Waals surface area contributed by atoms with Gasteiger partial charge in [-0.15, -0.1) is 13.2 Å². The maximum absolute atomic E-state index is 12.2. The number of aromatic nitrogens is 2. The van der Waals surface area contributed by atoms with E-state index < -0.39 is 12.4 Å². The number of halogens is 3. The van der Waals surface area contributed by atoms with Gasteiger partial charge in [0, 0.05) is 6.20 Å². The molecule has 1 unspecified atom stereocenters. The average Bonchev–Trinajstić information content (AvgIpc) is 2.38. The van der Waals surface area contributed by atoms with Gasteiger partial charge in [-0.1, -0.05) is 12.1 Å². The Morgan fingerprint density at radius 1 is 1.29 bits per heavy atom. The summed E-state index contributed by atoms with van der Waals surface area (Å²) in [6.07, 6.45) is -3.19. The highest BCUT2D eigenvalue weighted by molar-refractivity contribution is 5.34. The fourth-order valence-corrected chi connectivity index (χ4v) is 1.88. The number of hydrazine groups is 1. The lowest BCUT2D eigenvalue weighted by Gasteiger charge is -2.17. The third-order valence-electron chi connectivity index (χ3n) is 2.69. The Balaban J connectivity index is 2.32. The largest absolute Gasteiger partial charge is 0.573 e. The predicted octanol–water partition coefficient (Wildman–Crippen LogP) is 2.24. The zero-order valence-corrected chi connectivity index (χ0v) is 11.1. The third kappa shape index (κ3) is 4.14. The van der Waals surface area contributed by atoms with Crippen LogP contribution in [0.1, 0.15) is 23.1 Å². The lowest BCUT2D eigenvalue weighted by atomic mass is 10.0. The van der Waals surface area contributed by atoms with Crippen LogP contribution >= 0.6 is 0 Å². The monoisotopic (exact) mass is 298 g/mol. The molecule has 0 aliphatic carbocycles. The SMILES string of the molecule is Cc1nccc(C(NN)c2cccc(OC(F)(F)F)c2)n1. The van der Waals surface area contributed by atoms with E-state index in [1.165, 1.54) is 18.2 Å². The van der Waals surface area contributed by atoms with Crippen LogP contribution in [0.15, 0.2) is 36.5 Å². The van der Waals surface area contributed by atoms with E-state index in [1.54, 1.807) is 25.3 Å². The minimum atomic E-state index is -4.74. The summed E-state index contributed by atoms with van der Waals surface area (Å²) in [7, 11) is 0. The highest BCUT2D eigenvalue weighted by Crippen LogP contribution is 2.27. The summed E-state index contributed by atoms with van der Waals surface area (Å²) in [5.74, 6) is 5.71. The van der Waals surface area contributed by atoms with Gasteiger partial charge in [0.25, 0.3) is 0 Å². The van der Waals surface area contributed by atoms with Crippen LogP contribution in [-0.2, 0) is 0 Å². The summed E-state index contributed by atoms with van der Waals surface area (Å²) >= 11 is 0. The fourth-order valence-electron chi connectivity index (χ4n) is 1.88. The number of nitrogens with one attached hydrogen (secondary N) is 1. The van der Waals surface area contributed by atoms with Crippen LogP contribution in [0.5, 0.6) is 5.75 Å². The zero-order chi connectivity index (χ0) is 15.5. The fraction of sp³-hybridized carbons (Fsp3) is 0.231. The maximum atomic E-state index is 12.2. The number of nitrogens with two attached hydrogens (primary N) is 1. The highest BCUT2D eigenvalue weighted by atomic mass is 19.4. The van der Waals surface area contributed by atoms with Crippen LogP contribution < -0.4 is 16.0 Å². The van der Waals surface area contributed by atoms with Gasteiger partial charge >= 0.3 is 6.36 Å². The smallest absolute Gasteiger partial charge is 0.406 e. The maximum Gasteiger partial charge on any atom is 0.573 e. The molecular formula is C13H13F3N4O. The molecule has 2 aromatic rings. The quantitative estimate of drug-likeness (QED) is 0.669. The van der Waals surface area contributed by atoms with Gasteiger partial charge in [-0.05, 0) is 30.7 Å². The molecule has 112 valence electrons. The molecule has 3 N–H and O–H groups in total. The number of rotatable bonds is 4. The molecule has 5 nitrogen and oxygen atoms in total. The van der Waals surface area contributed by atoms with E-state index in [4.69, 9.17) is 5.84 Å². The number of ether oxygens (including phenoxy) is 1. The summed E-state index contributed by atoms with van der Waals surface area (Å²) in [6.45, 7) is 1.71. The Bertz CT molecular complexity index is 618. The van der Waals surface area contributed by atoms with Crippen LogP contribution in [0, 0.1) is 6.92 Å². The molecule has 8 heteroatoms. The van der Waals surface area contributed by atoms with E-state index in [0.29, 0.717) is 17.1 Å². The Morgan fingerprint density at radius 3 is 2.67 bits per heavy atom. The summed E-state index contributed by atoms with van der Waals surface area (Å²) in [5, 5.41) is 0. The van der Waals surface area contributed by atoms with Crippen molar-refractivity contribution in [2.45, 2.75) is 19.3 Å². The number of hydrogen-bond acceptors (Lipinski definition) is 5. The number of alkyl halides is 3. The molecule has 0 radical (unpaired) electrons. The highest BCUT2D eigenvalue weighted by Gasteiger charge is 2.31. The molecule has 0 spiro atoms. The van der Waals surface area contributed by atoms with E-state index in [9.17, 15) is 13.2 Å². The average molecular weight is 298 g/mol. The molecule has 0 aliphatic heterocycles. The summed E-state index contributed by atoms with van der Waals surface area (Å²) in [6, 6.07) is 6.63. The van der Waals surface area contributed by atoms with Crippen molar-refractivity contribution in [2.24, 2.45) is 5.84 Å². The van der Waals surface area contributed by atoms with E-state index >= 15 is 0 Å². The van der Waals surface area contributed by atoms with Gasteiger partial charge in [-0.2, -0.15) is 0 Å². The van der Waals surface area contributed by atoms with Crippen LogP contribution in [0.25, 0.3) is 0 Å². The Morgan fingerprint density at radius 2 is 2.05 bits per heavy atom. The minimum Gasteiger partial charge on any atom is -0.406 e. The van der Waals surface area contributed by atoms with Crippen molar-refractivity contribution in [3.63, 3.8) is 0 Å². The van der Waals surface area contributed by atoms with Gasteiger partial charge in [0.2, 0.25) is 0 Å². The molecule has 2 rings (SSSR count). The summed E-state index contributed by atoms with van der Waals surface area (Å²) in [4.78, 5) is 8.17. The van der Waals surface area contributed by atoms with Crippen LogP contribution in [0.3, 0.4) is 0 Å². The van der Waals surface area contributed by atoms with Crippen molar-refractivity contribution in [3.05, 3.63) is 53.6 Å². The first-order valence-electron chi connectivity index (χ1n) is 6.00. The van der Waals surface area contributed by atoms with Crippen LogP contribution in [-0.4, -0.2) is 16.3 Å². The molecule has 0 fully saturated rings. The molecule has 21 heavy (non-hydrogen) atoms. The van der Waals surface area contributed by atoms with E-state index in [1.807, 2.05) is 0 Å². The number of aryl methyl sites for hydroxylation is 1. The standard InChI is InChI=1S/C13H13F3N4O/c1-8-18-6-5-11(19-8)12(20-17)9-3-2-4-10(7-9)21-13(14,15)16/h2-7,12,20H,17H2,1H3. The molecule has 0 aliphatic rings. The molecule has 1 atom stereocenters. The third-order valence-corrected chi connectivity index (χ3v) is 2.69. The van der Waals surface area contributed by atoms with Gasteiger partial charge in [-0.25, -0.2) is 15.4 Å². The summed E-state index contributed by atoms with van der Waals surface area (Å²) in [5.41, 5.74) is 3.57. The van der Waals surface area contributed by atoms with Crippen molar-refractivity contribution >= 4 is 0 Å². The zero-order valence-electron chi connectivity index (χ0n) is 11.1. The van der Waals surface area contributed by atoms with Crippen molar-refractivity contribution in [1.29, 1.82) is 0 Å². The van der Waals surface area contributed by atoms with E-state index in [-0.39, 0.29) is 5.75 Å². The molecule has 0 bridgehead atoms. The molecule has 1 aromatic carbocycles. The van der Waals surface area contributed by atoms with Crippen molar-refractivity contribution in [3.8, 4) is 5.75 Å². The van der Waals surface area contributed by atoms with Gasteiger partial charge in [0.1, 0.15) is 11.6 Å². The van der Waals surface area contributed by atoms with Crippen LogP contribution in [0.4, 0.5) is 13.2 Å². The first-order valence-corrected chi connectivity index (χ1v) is 6.00. The van der Waals surface area contributed by atoms with E-state index in [2.05, 4.69) is 20.1 Å². The molecule has 0 saturated carbocycles. The lowest BCUT2D eigenvalue weighted by molar-refractivity contribution is -0.274. The lowest BCUT2D eigenvalue weighted by Crippen LogP contribution is -2.29. The molecular weight excluding hydrogens is 285 g/mol. The second-order valence-electron chi connectivity index (χ2n) is 4.25. The van der Waals surface area contributed by atoms with Gasteiger partial charge in [0.15, 0.2) is 0 Å². The van der Waals surface area contributed by atoms with Gasteiger partial charge in [-0.3, -0.25) is 5.84 Å². The Kier molecular flexibility index (Phi) is 4.39. The molecule has 0 saturated heterocycles. The van der Waals surface area contributed by atoms with Crippen molar-refractivity contribution in [1.82, 2.24) is 15.4 Å². The second kappa shape index (κ2) is 6.06. The predicted molar refractivity (Wildman–Crippen MR) is 69.1 cm³/mol. The first kappa shape index (κ1) is 15.2. The normalized spacial score (nSPS) is 13.0. The van der Waals surface area contributed by atoms with Gasteiger partial charge in [0.05, 0.1) is 11.7 Å².